The predicted molar refractivity (Wildman–Crippen MR) is 123 cm³/mol. The molecule has 0 bridgehead atoms. The molecule has 0 spiro atoms. The van der Waals surface area contributed by atoms with Gasteiger partial charge in [0, 0.05) is 29.5 Å². The third kappa shape index (κ3) is 3.41. The Hall–Kier alpha value is -4.01. The second-order valence-electron chi connectivity index (χ2n) is 8.94. The van der Waals surface area contributed by atoms with Gasteiger partial charge in [-0.25, -0.2) is 0 Å². The molecule has 3 aromatic rings. The van der Waals surface area contributed by atoms with Gasteiger partial charge in [-0.2, -0.15) is 0 Å². The summed E-state index contributed by atoms with van der Waals surface area (Å²) in [6.45, 7) is 1.28. The number of hydrogen-bond acceptors (Lipinski definition) is 8. The lowest BCUT2D eigenvalue weighted by atomic mass is 9.72. The van der Waals surface area contributed by atoms with Crippen LogP contribution >= 0.6 is 0 Å². The van der Waals surface area contributed by atoms with Crippen LogP contribution in [0.4, 0.5) is 0 Å². The average Bonchev–Trinajstić information content (AvgIpc) is 2.83. The lowest BCUT2D eigenvalue weighted by Gasteiger charge is -2.36. The van der Waals surface area contributed by atoms with Crippen LogP contribution in [-0.4, -0.2) is 43.4 Å². The maximum Gasteiger partial charge on any atom is 0.202 e. The molecule has 0 saturated carbocycles. The molecular weight excluding hydrogens is 452 g/mol. The quantitative estimate of drug-likeness (QED) is 0.331. The van der Waals surface area contributed by atoms with Crippen LogP contribution in [0.2, 0.25) is 0 Å². The Balaban J connectivity index is 1.64. The summed E-state index contributed by atoms with van der Waals surface area (Å²) in [5, 5.41) is 43.4. The molecule has 178 valence electrons. The lowest BCUT2D eigenvalue weighted by molar-refractivity contribution is -0.139. The molecule has 0 aromatic heterocycles. The molecule has 2 unspecified atom stereocenters. The number of benzene rings is 3. The Bertz CT molecular complexity index is 1410. The standard InChI is InChI=1S/C27H22O8/c1-13(28)27(34)10-16-19(17(29)11-27)25(32)22-21(24(16)31)23(30)15-8-5-9-18(20(15)26(22)33)35-12-14-6-3-2-4-7-14/h2-9,17,29,31-32,34H,10-12H2,1H3. The topological polar surface area (TPSA) is 141 Å². The SMILES string of the molecule is CC(=O)C1(O)Cc2c(O)c3c(c(O)c2C(O)C1)C(=O)c1c(OCc2ccccc2)cccc1C3=O. The molecule has 0 fully saturated rings. The van der Waals surface area contributed by atoms with E-state index in [9.17, 15) is 34.8 Å². The number of fused-ring (bicyclic) bond motifs is 3. The Morgan fingerprint density at radius 2 is 1.66 bits per heavy atom. The highest BCUT2D eigenvalue weighted by Gasteiger charge is 2.47. The molecule has 0 amide bonds. The van der Waals surface area contributed by atoms with Gasteiger partial charge >= 0.3 is 0 Å². The van der Waals surface area contributed by atoms with E-state index in [2.05, 4.69) is 0 Å². The van der Waals surface area contributed by atoms with E-state index in [1.165, 1.54) is 12.1 Å². The third-order valence-corrected chi connectivity index (χ3v) is 6.77. The van der Waals surface area contributed by atoms with E-state index in [0.717, 1.165) is 12.5 Å². The third-order valence-electron chi connectivity index (χ3n) is 6.77. The van der Waals surface area contributed by atoms with Gasteiger partial charge in [0.2, 0.25) is 5.78 Å². The maximum atomic E-state index is 13.6. The van der Waals surface area contributed by atoms with Crippen molar-refractivity contribution < 1.29 is 39.5 Å². The zero-order valence-corrected chi connectivity index (χ0v) is 18.7. The first-order chi connectivity index (χ1) is 16.6. The fourth-order valence-electron chi connectivity index (χ4n) is 4.90. The van der Waals surface area contributed by atoms with E-state index in [1.807, 2.05) is 30.3 Å². The summed E-state index contributed by atoms with van der Waals surface area (Å²) >= 11 is 0. The molecule has 0 heterocycles. The maximum absolute atomic E-state index is 13.6. The Morgan fingerprint density at radius 3 is 2.34 bits per heavy atom. The number of aliphatic hydroxyl groups is 2. The molecule has 4 N–H and O–H groups in total. The number of ketones is 3. The normalized spacial score (nSPS) is 20.6. The molecule has 2 aliphatic carbocycles. The molecule has 35 heavy (non-hydrogen) atoms. The number of hydrogen-bond donors (Lipinski definition) is 4. The van der Waals surface area contributed by atoms with Crippen molar-refractivity contribution in [3.8, 4) is 17.2 Å². The predicted octanol–water partition coefficient (Wildman–Crippen LogP) is 2.75. The molecule has 2 aliphatic rings. The van der Waals surface area contributed by atoms with Crippen LogP contribution in [0.1, 0.15) is 68.0 Å². The molecule has 0 saturated heterocycles. The van der Waals surface area contributed by atoms with Gasteiger partial charge in [-0.3, -0.25) is 14.4 Å². The Kier molecular flexibility index (Phi) is 5.23. The van der Waals surface area contributed by atoms with E-state index in [1.54, 1.807) is 6.07 Å². The van der Waals surface area contributed by atoms with Crippen LogP contribution in [0.15, 0.2) is 48.5 Å². The average molecular weight is 474 g/mol. The van der Waals surface area contributed by atoms with Crippen molar-refractivity contribution in [1.29, 1.82) is 0 Å². The first-order valence-corrected chi connectivity index (χ1v) is 11.1. The number of Topliss-reactive ketones (excluding diaryl/α,β-unsaturated/α-hetero) is 1. The van der Waals surface area contributed by atoms with E-state index in [4.69, 9.17) is 4.74 Å². The highest BCUT2D eigenvalue weighted by molar-refractivity contribution is 6.31. The van der Waals surface area contributed by atoms with Crippen LogP contribution in [0, 0.1) is 0 Å². The van der Waals surface area contributed by atoms with Gasteiger partial charge in [0.25, 0.3) is 0 Å². The second kappa shape index (κ2) is 8.04. The summed E-state index contributed by atoms with van der Waals surface area (Å²) in [7, 11) is 0. The first-order valence-electron chi connectivity index (χ1n) is 11.1. The van der Waals surface area contributed by atoms with E-state index in [0.29, 0.717) is 0 Å². The summed E-state index contributed by atoms with van der Waals surface area (Å²) in [6.07, 6.45) is -2.39. The lowest BCUT2D eigenvalue weighted by Crippen LogP contribution is -2.44. The largest absolute Gasteiger partial charge is 0.507 e. The van der Waals surface area contributed by atoms with Crippen LogP contribution in [-0.2, 0) is 17.8 Å². The molecule has 0 aliphatic heterocycles. The number of aromatic hydroxyl groups is 2. The highest BCUT2D eigenvalue weighted by atomic mass is 16.5. The zero-order valence-electron chi connectivity index (χ0n) is 18.7. The number of carbonyl (C=O) groups excluding carboxylic acids is 3. The van der Waals surface area contributed by atoms with Crippen LogP contribution < -0.4 is 4.74 Å². The minimum atomic E-state index is -1.98. The van der Waals surface area contributed by atoms with Crippen LogP contribution in [0.3, 0.4) is 0 Å². The van der Waals surface area contributed by atoms with Gasteiger partial charge in [0.05, 0.1) is 22.8 Å². The van der Waals surface area contributed by atoms with Gasteiger partial charge < -0.3 is 25.2 Å². The van der Waals surface area contributed by atoms with Crippen molar-refractivity contribution >= 4 is 17.3 Å². The number of phenols is 2. The summed E-state index contributed by atoms with van der Waals surface area (Å²) in [5.74, 6) is -3.26. The Labute approximate surface area is 200 Å². The minimum Gasteiger partial charge on any atom is -0.507 e. The summed E-state index contributed by atoms with van der Waals surface area (Å²) < 4.78 is 5.84. The van der Waals surface area contributed by atoms with E-state index < -0.39 is 64.5 Å². The van der Waals surface area contributed by atoms with Crippen LogP contribution in [0.5, 0.6) is 17.2 Å². The summed E-state index contributed by atoms with van der Waals surface area (Å²) in [5.41, 5.74) is -2.40. The fraction of sp³-hybridized carbons (Fsp3) is 0.222. The van der Waals surface area contributed by atoms with Crippen molar-refractivity contribution in [2.75, 3.05) is 0 Å². The molecule has 8 nitrogen and oxygen atoms in total. The number of carbonyl (C=O) groups is 3. The van der Waals surface area contributed by atoms with Crippen molar-refractivity contribution in [1.82, 2.24) is 0 Å². The second-order valence-corrected chi connectivity index (χ2v) is 8.94. The zero-order chi connectivity index (χ0) is 25.1. The van der Waals surface area contributed by atoms with Crippen molar-refractivity contribution in [3.63, 3.8) is 0 Å². The van der Waals surface area contributed by atoms with Crippen molar-refractivity contribution in [2.24, 2.45) is 0 Å². The summed E-state index contributed by atoms with van der Waals surface area (Å²) in [6, 6.07) is 13.7. The van der Waals surface area contributed by atoms with Crippen LogP contribution in [0.25, 0.3) is 0 Å². The Morgan fingerprint density at radius 1 is 0.971 bits per heavy atom. The van der Waals surface area contributed by atoms with Gasteiger partial charge in [-0.15, -0.1) is 0 Å². The fourth-order valence-corrected chi connectivity index (χ4v) is 4.90. The molecule has 8 heteroatoms. The monoisotopic (exact) mass is 474 g/mol. The van der Waals surface area contributed by atoms with Gasteiger partial charge in [0.1, 0.15) is 29.5 Å². The van der Waals surface area contributed by atoms with Crippen molar-refractivity contribution in [3.05, 3.63) is 87.5 Å². The minimum absolute atomic E-state index is 0.0131. The van der Waals surface area contributed by atoms with E-state index >= 15 is 0 Å². The summed E-state index contributed by atoms with van der Waals surface area (Å²) in [4.78, 5) is 39.0. The van der Waals surface area contributed by atoms with E-state index in [-0.39, 0.29) is 34.6 Å². The number of phenolic OH excluding ortho intramolecular Hbond substituents is 2. The molecule has 0 radical (unpaired) electrons. The van der Waals surface area contributed by atoms with Crippen molar-refractivity contribution in [2.45, 2.75) is 38.1 Å². The molecule has 3 aromatic carbocycles. The van der Waals surface area contributed by atoms with Gasteiger partial charge in [0.15, 0.2) is 11.6 Å². The first kappa shape index (κ1) is 22.8. The number of ether oxygens (including phenoxy) is 1. The highest BCUT2D eigenvalue weighted by Crippen LogP contribution is 2.51. The number of rotatable bonds is 4. The smallest absolute Gasteiger partial charge is 0.202 e. The molecule has 2 atom stereocenters. The molecular formula is C27H22O8. The number of aliphatic hydroxyl groups excluding tert-OH is 1. The molecule has 5 rings (SSSR count). The van der Waals surface area contributed by atoms with Gasteiger partial charge in [-0.1, -0.05) is 42.5 Å². The van der Waals surface area contributed by atoms with Gasteiger partial charge in [-0.05, 0) is 18.6 Å².